The van der Waals surface area contributed by atoms with Crippen LogP contribution in [0.2, 0.25) is 0 Å². The minimum absolute atomic E-state index is 0.246. The normalized spacial score (nSPS) is 10.2. The first-order valence-corrected chi connectivity index (χ1v) is 6.63. The molecule has 0 fully saturated rings. The third kappa shape index (κ3) is 2.83. The number of hydrogen-bond acceptors (Lipinski definition) is 6. The van der Waals surface area contributed by atoms with Gasteiger partial charge >= 0.3 is 0 Å². The average molecular weight is 293 g/mol. The van der Waals surface area contributed by atoms with Crippen LogP contribution in [0.25, 0.3) is 0 Å². The van der Waals surface area contributed by atoms with Crippen molar-refractivity contribution in [2.24, 2.45) is 0 Å². The van der Waals surface area contributed by atoms with Gasteiger partial charge in [-0.3, -0.25) is 4.79 Å². The third-order valence-electron chi connectivity index (χ3n) is 2.66. The number of nitrogens with two attached hydrogens (primary N) is 1. The first-order valence-electron chi connectivity index (χ1n) is 5.81. The molecule has 0 aliphatic carbocycles. The van der Waals surface area contributed by atoms with Gasteiger partial charge in [-0.1, -0.05) is 11.3 Å². The van der Waals surface area contributed by atoms with Crippen LogP contribution in [-0.2, 0) is 0 Å². The van der Waals surface area contributed by atoms with Crippen LogP contribution in [0, 0.1) is 6.92 Å². The number of anilines is 2. The Bertz CT molecular complexity index is 640. The van der Waals surface area contributed by atoms with Gasteiger partial charge in [0, 0.05) is 11.8 Å². The lowest BCUT2D eigenvalue weighted by Gasteiger charge is -2.10. The molecule has 0 saturated carbocycles. The molecule has 20 heavy (non-hydrogen) atoms. The number of carbonyl (C=O) groups is 1. The highest BCUT2D eigenvalue weighted by atomic mass is 32.1. The number of hydrogen-bond donors (Lipinski definition) is 2. The van der Waals surface area contributed by atoms with Crippen molar-refractivity contribution in [3.05, 3.63) is 28.8 Å². The average Bonchev–Trinajstić information content (AvgIpc) is 2.77. The third-order valence-corrected chi connectivity index (χ3v) is 3.65. The van der Waals surface area contributed by atoms with Crippen molar-refractivity contribution in [3.8, 4) is 11.5 Å². The summed E-state index contributed by atoms with van der Waals surface area (Å²) in [6.45, 7) is 1.75. The van der Waals surface area contributed by atoms with E-state index in [-0.39, 0.29) is 5.91 Å². The lowest BCUT2D eigenvalue weighted by atomic mass is 10.2. The van der Waals surface area contributed by atoms with Gasteiger partial charge in [0.15, 0.2) is 16.6 Å². The maximum atomic E-state index is 12.1. The summed E-state index contributed by atoms with van der Waals surface area (Å²) in [7, 11) is 3.09. The second kappa shape index (κ2) is 5.79. The SMILES string of the molecule is COc1ccc(NC(=O)c2sc(N)nc2C)cc1OC. The molecule has 0 aliphatic rings. The van der Waals surface area contributed by atoms with Crippen LogP contribution in [0.3, 0.4) is 0 Å². The van der Waals surface area contributed by atoms with Crippen molar-refractivity contribution in [2.45, 2.75) is 6.92 Å². The van der Waals surface area contributed by atoms with Crippen LogP contribution < -0.4 is 20.5 Å². The lowest BCUT2D eigenvalue weighted by Crippen LogP contribution is -2.11. The zero-order chi connectivity index (χ0) is 14.7. The fourth-order valence-electron chi connectivity index (χ4n) is 1.73. The summed E-state index contributed by atoms with van der Waals surface area (Å²) in [4.78, 5) is 16.7. The zero-order valence-electron chi connectivity index (χ0n) is 11.4. The second-order valence-corrected chi connectivity index (χ2v) is 5.02. The van der Waals surface area contributed by atoms with Crippen LogP contribution in [0.15, 0.2) is 18.2 Å². The van der Waals surface area contributed by atoms with E-state index in [1.165, 1.54) is 7.11 Å². The summed E-state index contributed by atoms with van der Waals surface area (Å²) in [6.07, 6.45) is 0. The maximum Gasteiger partial charge on any atom is 0.267 e. The summed E-state index contributed by atoms with van der Waals surface area (Å²) in [5.41, 5.74) is 6.81. The topological polar surface area (TPSA) is 86.5 Å². The van der Waals surface area contributed by atoms with Gasteiger partial charge in [-0.05, 0) is 19.1 Å². The molecular weight excluding hydrogens is 278 g/mol. The summed E-state index contributed by atoms with van der Waals surface area (Å²) in [5, 5.41) is 3.15. The van der Waals surface area contributed by atoms with E-state index in [0.717, 1.165) is 11.3 Å². The van der Waals surface area contributed by atoms with E-state index in [4.69, 9.17) is 15.2 Å². The first kappa shape index (κ1) is 14.1. The van der Waals surface area contributed by atoms with Crippen molar-refractivity contribution in [1.29, 1.82) is 0 Å². The Hall–Kier alpha value is -2.28. The van der Waals surface area contributed by atoms with Crippen LogP contribution in [-0.4, -0.2) is 25.1 Å². The molecule has 6 nitrogen and oxygen atoms in total. The van der Waals surface area contributed by atoms with Crippen molar-refractivity contribution < 1.29 is 14.3 Å². The Balaban J connectivity index is 2.22. The highest BCUT2D eigenvalue weighted by Crippen LogP contribution is 2.30. The summed E-state index contributed by atoms with van der Waals surface area (Å²) < 4.78 is 10.3. The number of thiazole rings is 1. The minimum Gasteiger partial charge on any atom is -0.493 e. The Morgan fingerprint density at radius 1 is 1.30 bits per heavy atom. The lowest BCUT2D eigenvalue weighted by molar-refractivity contribution is 0.103. The number of nitrogen functional groups attached to an aromatic ring is 1. The Morgan fingerprint density at radius 2 is 2.00 bits per heavy atom. The number of nitrogens with zero attached hydrogens (tertiary/aromatic N) is 1. The molecule has 1 aromatic carbocycles. The van der Waals surface area contributed by atoms with Gasteiger partial charge in [-0.15, -0.1) is 0 Å². The molecule has 0 radical (unpaired) electrons. The van der Waals surface area contributed by atoms with Gasteiger partial charge in [-0.25, -0.2) is 4.98 Å². The van der Waals surface area contributed by atoms with Crippen molar-refractivity contribution in [2.75, 3.05) is 25.3 Å². The van der Waals surface area contributed by atoms with Crippen LogP contribution >= 0.6 is 11.3 Å². The van der Waals surface area contributed by atoms with Gasteiger partial charge in [0.2, 0.25) is 0 Å². The predicted molar refractivity (Wildman–Crippen MR) is 78.8 cm³/mol. The van der Waals surface area contributed by atoms with Crippen molar-refractivity contribution in [1.82, 2.24) is 4.98 Å². The predicted octanol–water partition coefficient (Wildman–Crippen LogP) is 2.30. The van der Waals surface area contributed by atoms with Gasteiger partial charge in [0.05, 0.1) is 19.9 Å². The smallest absolute Gasteiger partial charge is 0.267 e. The van der Waals surface area contributed by atoms with Crippen molar-refractivity contribution in [3.63, 3.8) is 0 Å². The number of nitrogens with one attached hydrogen (secondary N) is 1. The highest BCUT2D eigenvalue weighted by Gasteiger charge is 2.15. The first-order chi connectivity index (χ1) is 9.55. The van der Waals surface area contributed by atoms with E-state index in [1.807, 2.05) is 0 Å². The summed E-state index contributed by atoms with van der Waals surface area (Å²) in [5.74, 6) is 0.901. The molecule has 2 aromatic rings. The van der Waals surface area contributed by atoms with E-state index in [0.29, 0.717) is 32.9 Å². The fraction of sp³-hybridized carbons (Fsp3) is 0.231. The van der Waals surface area contributed by atoms with E-state index >= 15 is 0 Å². The molecule has 0 aliphatic heterocycles. The van der Waals surface area contributed by atoms with Crippen molar-refractivity contribution >= 4 is 28.1 Å². The zero-order valence-corrected chi connectivity index (χ0v) is 12.2. The Morgan fingerprint density at radius 3 is 2.55 bits per heavy atom. The molecule has 0 spiro atoms. The highest BCUT2D eigenvalue weighted by molar-refractivity contribution is 7.17. The number of aromatic nitrogens is 1. The second-order valence-electron chi connectivity index (χ2n) is 3.99. The van der Waals surface area contributed by atoms with E-state index in [9.17, 15) is 4.79 Å². The summed E-state index contributed by atoms with van der Waals surface area (Å²) >= 11 is 1.16. The number of rotatable bonds is 4. The van der Waals surface area contributed by atoms with Gasteiger partial charge in [-0.2, -0.15) is 0 Å². The monoisotopic (exact) mass is 293 g/mol. The molecule has 0 saturated heterocycles. The van der Waals surface area contributed by atoms with Gasteiger partial charge < -0.3 is 20.5 Å². The molecule has 106 valence electrons. The number of carbonyl (C=O) groups excluding carboxylic acids is 1. The Kier molecular flexibility index (Phi) is 4.09. The van der Waals surface area contributed by atoms with E-state index < -0.39 is 0 Å². The number of aryl methyl sites for hydroxylation is 1. The molecule has 3 N–H and O–H groups in total. The Labute approximate surface area is 120 Å². The minimum atomic E-state index is -0.246. The molecule has 0 unspecified atom stereocenters. The molecule has 1 amide bonds. The largest absolute Gasteiger partial charge is 0.493 e. The maximum absolute atomic E-state index is 12.1. The molecule has 0 atom stereocenters. The van der Waals surface area contributed by atoms with Crippen LogP contribution in [0.1, 0.15) is 15.4 Å². The van der Waals surface area contributed by atoms with Gasteiger partial charge in [0.1, 0.15) is 4.88 Å². The molecule has 1 aromatic heterocycles. The van der Waals surface area contributed by atoms with E-state index in [2.05, 4.69) is 10.3 Å². The molecule has 7 heteroatoms. The number of amides is 1. The van der Waals surface area contributed by atoms with E-state index in [1.54, 1.807) is 32.2 Å². The molecule has 1 heterocycles. The molecule has 0 bridgehead atoms. The van der Waals surface area contributed by atoms with Gasteiger partial charge in [0.25, 0.3) is 5.91 Å². The number of benzene rings is 1. The standard InChI is InChI=1S/C13H15N3O3S/c1-7-11(20-13(14)15-7)12(17)16-8-4-5-9(18-2)10(6-8)19-3/h4-6H,1-3H3,(H2,14,15)(H,16,17). The number of ether oxygens (including phenoxy) is 2. The number of methoxy groups -OCH3 is 2. The quantitative estimate of drug-likeness (QED) is 0.903. The molecular formula is C13H15N3O3S. The van der Waals surface area contributed by atoms with Crippen LogP contribution in [0.5, 0.6) is 11.5 Å². The summed E-state index contributed by atoms with van der Waals surface area (Å²) in [6, 6.07) is 5.15. The fourth-order valence-corrected chi connectivity index (χ4v) is 2.46. The molecule has 2 rings (SSSR count). The van der Waals surface area contributed by atoms with Crippen LogP contribution in [0.4, 0.5) is 10.8 Å².